The quantitative estimate of drug-likeness (QED) is 0.473. The first kappa shape index (κ1) is 17.8. The van der Waals surface area contributed by atoms with Crippen LogP contribution in [0.15, 0.2) is 20.5 Å². The molecule has 3 aromatic rings. The van der Waals surface area contributed by atoms with Gasteiger partial charge in [-0.15, -0.1) is 11.3 Å². The van der Waals surface area contributed by atoms with Gasteiger partial charge in [0.1, 0.15) is 10.6 Å². The third-order valence-corrected chi connectivity index (χ3v) is 6.76. The molecule has 0 spiro atoms. The van der Waals surface area contributed by atoms with Crippen molar-refractivity contribution < 1.29 is 9.26 Å². The number of rotatable bonds is 6. The van der Waals surface area contributed by atoms with Crippen molar-refractivity contribution in [1.29, 1.82) is 0 Å². The molecule has 0 fully saturated rings. The molecule has 3 aromatic heterocycles. The van der Waals surface area contributed by atoms with Crippen molar-refractivity contribution in [3.8, 4) is 0 Å². The van der Waals surface area contributed by atoms with Gasteiger partial charge in [-0.05, 0) is 38.2 Å². The molecule has 0 atom stereocenters. The van der Waals surface area contributed by atoms with Gasteiger partial charge in [-0.2, -0.15) is 0 Å². The Morgan fingerprint density at radius 2 is 2.23 bits per heavy atom. The molecule has 3 heterocycles. The van der Waals surface area contributed by atoms with Crippen LogP contribution in [0, 0.1) is 6.92 Å². The lowest BCUT2D eigenvalue weighted by molar-refractivity contribution is 0.183. The number of nitrogens with zero attached hydrogens (tertiary/aromatic N) is 3. The van der Waals surface area contributed by atoms with Gasteiger partial charge in [-0.1, -0.05) is 16.9 Å². The molecule has 4 rings (SSSR count). The fourth-order valence-corrected chi connectivity index (χ4v) is 5.53. The smallest absolute Gasteiger partial charge is 0.263 e. The Balaban J connectivity index is 1.75. The summed E-state index contributed by atoms with van der Waals surface area (Å²) in [5, 5.41) is 5.45. The first-order valence-corrected chi connectivity index (χ1v) is 10.6. The topological polar surface area (TPSA) is 70.2 Å². The van der Waals surface area contributed by atoms with Crippen molar-refractivity contribution in [2.45, 2.75) is 50.1 Å². The Labute approximate surface area is 159 Å². The van der Waals surface area contributed by atoms with E-state index in [-0.39, 0.29) is 5.56 Å². The summed E-state index contributed by atoms with van der Waals surface area (Å²) < 4.78 is 12.2. The number of ether oxygens (including phenoxy) is 1. The monoisotopic (exact) mass is 391 g/mol. The van der Waals surface area contributed by atoms with Crippen molar-refractivity contribution in [3.05, 3.63) is 38.3 Å². The van der Waals surface area contributed by atoms with Crippen molar-refractivity contribution in [2.75, 3.05) is 13.7 Å². The van der Waals surface area contributed by atoms with E-state index < -0.39 is 0 Å². The highest BCUT2D eigenvalue weighted by atomic mass is 32.2. The van der Waals surface area contributed by atoms with E-state index in [0.29, 0.717) is 24.1 Å². The number of aromatic nitrogens is 3. The van der Waals surface area contributed by atoms with Gasteiger partial charge in [-0.3, -0.25) is 9.36 Å². The average molecular weight is 392 g/mol. The molecule has 0 aromatic carbocycles. The molecule has 26 heavy (non-hydrogen) atoms. The molecular formula is C18H21N3O3S2. The summed E-state index contributed by atoms with van der Waals surface area (Å²) in [5.41, 5.74) is 2.14. The minimum atomic E-state index is 0.0581. The van der Waals surface area contributed by atoms with Crippen LogP contribution in [0.1, 0.15) is 34.7 Å². The second kappa shape index (κ2) is 7.54. The molecule has 8 heteroatoms. The predicted octanol–water partition coefficient (Wildman–Crippen LogP) is 3.57. The van der Waals surface area contributed by atoms with E-state index in [4.69, 9.17) is 14.2 Å². The first-order chi connectivity index (χ1) is 12.7. The third-order valence-electron chi connectivity index (χ3n) is 4.58. The predicted molar refractivity (Wildman–Crippen MR) is 103 cm³/mol. The number of aryl methyl sites for hydroxylation is 3. The van der Waals surface area contributed by atoms with Gasteiger partial charge >= 0.3 is 0 Å². The molecule has 0 unspecified atom stereocenters. The van der Waals surface area contributed by atoms with Crippen LogP contribution < -0.4 is 5.56 Å². The summed E-state index contributed by atoms with van der Waals surface area (Å²) in [6.45, 7) is 2.88. The van der Waals surface area contributed by atoms with Gasteiger partial charge in [0.15, 0.2) is 5.16 Å². The van der Waals surface area contributed by atoms with Crippen molar-refractivity contribution in [3.63, 3.8) is 0 Å². The number of hydrogen-bond acceptors (Lipinski definition) is 7. The van der Waals surface area contributed by atoms with Crippen molar-refractivity contribution in [1.82, 2.24) is 14.7 Å². The molecule has 1 aliphatic rings. The van der Waals surface area contributed by atoms with Crippen LogP contribution in [-0.4, -0.2) is 28.4 Å². The number of thioether (sulfide) groups is 1. The second-order valence-electron chi connectivity index (χ2n) is 6.46. The van der Waals surface area contributed by atoms with Crippen LogP contribution in [-0.2, 0) is 29.9 Å². The largest absolute Gasteiger partial charge is 0.383 e. The zero-order valence-corrected chi connectivity index (χ0v) is 16.5. The first-order valence-electron chi connectivity index (χ1n) is 8.76. The van der Waals surface area contributed by atoms with E-state index in [9.17, 15) is 4.79 Å². The van der Waals surface area contributed by atoms with Crippen LogP contribution in [0.25, 0.3) is 10.2 Å². The van der Waals surface area contributed by atoms with E-state index in [1.807, 2.05) is 13.0 Å². The van der Waals surface area contributed by atoms with Crippen LogP contribution in [0.5, 0.6) is 0 Å². The lowest BCUT2D eigenvalue weighted by Crippen LogP contribution is -2.25. The van der Waals surface area contributed by atoms with E-state index in [0.717, 1.165) is 40.9 Å². The number of fused-ring (bicyclic) bond motifs is 3. The Kier molecular flexibility index (Phi) is 5.15. The van der Waals surface area contributed by atoms with Gasteiger partial charge in [0.2, 0.25) is 0 Å². The number of thiophene rings is 1. The van der Waals surface area contributed by atoms with E-state index >= 15 is 0 Å². The Hall–Kier alpha value is -1.64. The third kappa shape index (κ3) is 3.33. The fraction of sp³-hybridized carbons (Fsp3) is 0.500. The van der Waals surface area contributed by atoms with Crippen LogP contribution >= 0.6 is 23.1 Å². The molecule has 6 nitrogen and oxygen atoms in total. The maximum Gasteiger partial charge on any atom is 0.263 e. The van der Waals surface area contributed by atoms with E-state index in [2.05, 4.69) is 5.16 Å². The molecule has 0 N–H and O–H groups in total. The van der Waals surface area contributed by atoms with Gasteiger partial charge < -0.3 is 9.26 Å². The maximum absolute atomic E-state index is 13.2. The zero-order valence-electron chi connectivity index (χ0n) is 14.9. The second-order valence-corrected chi connectivity index (χ2v) is 8.48. The van der Waals surface area contributed by atoms with Crippen molar-refractivity contribution >= 4 is 33.3 Å². The zero-order chi connectivity index (χ0) is 18.1. The Morgan fingerprint density at radius 3 is 3.00 bits per heavy atom. The Morgan fingerprint density at radius 1 is 1.38 bits per heavy atom. The summed E-state index contributed by atoms with van der Waals surface area (Å²) in [7, 11) is 1.65. The van der Waals surface area contributed by atoms with Gasteiger partial charge in [0.25, 0.3) is 5.56 Å². The maximum atomic E-state index is 13.2. The summed E-state index contributed by atoms with van der Waals surface area (Å²) in [6, 6.07) is 1.91. The molecular weight excluding hydrogens is 370 g/mol. The molecule has 0 amide bonds. The van der Waals surface area contributed by atoms with Crippen LogP contribution in [0.3, 0.4) is 0 Å². The molecule has 0 saturated heterocycles. The molecule has 0 aliphatic heterocycles. The minimum absolute atomic E-state index is 0.0581. The normalized spacial score (nSPS) is 14.1. The molecule has 0 radical (unpaired) electrons. The lowest BCUT2D eigenvalue weighted by atomic mass is 9.97. The number of hydrogen-bond donors (Lipinski definition) is 0. The fourth-order valence-electron chi connectivity index (χ4n) is 3.33. The van der Waals surface area contributed by atoms with Crippen LogP contribution in [0.4, 0.5) is 0 Å². The molecule has 0 saturated carbocycles. The van der Waals surface area contributed by atoms with Crippen molar-refractivity contribution in [2.24, 2.45) is 0 Å². The molecule has 1 aliphatic carbocycles. The van der Waals surface area contributed by atoms with Gasteiger partial charge in [0, 0.05) is 18.1 Å². The summed E-state index contributed by atoms with van der Waals surface area (Å²) in [5.74, 6) is 1.38. The summed E-state index contributed by atoms with van der Waals surface area (Å²) in [4.78, 5) is 20.3. The summed E-state index contributed by atoms with van der Waals surface area (Å²) in [6.07, 6.45) is 4.40. The summed E-state index contributed by atoms with van der Waals surface area (Å²) >= 11 is 3.19. The Bertz CT molecular complexity index is 990. The standard InChI is InChI=1S/C18H21N3O3S2/c1-11-9-12(24-20-11)10-25-18-19-16-15(17(22)21(18)7-8-23-2)13-5-3-4-6-14(13)26-16/h9H,3-8,10H2,1-2H3. The van der Waals surface area contributed by atoms with E-state index in [1.54, 1.807) is 23.0 Å². The highest BCUT2D eigenvalue weighted by molar-refractivity contribution is 7.98. The SMILES string of the molecule is COCCn1c(SCc2cc(C)no2)nc2sc3c(c2c1=O)CCCC3. The average Bonchev–Trinajstić information content (AvgIpc) is 3.22. The highest BCUT2D eigenvalue weighted by Gasteiger charge is 2.22. The number of methoxy groups -OCH3 is 1. The highest BCUT2D eigenvalue weighted by Crippen LogP contribution is 2.35. The van der Waals surface area contributed by atoms with Gasteiger partial charge in [0.05, 0.1) is 30.0 Å². The van der Waals surface area contributed by atoms with Crippen LogP contribution in [0.2, 0.25) is 0 Å². The lowest BCUT2D eigenvalue weighted by Gasteiger charge is -2.13. The van der Waals surface area contributed by atoms with Gasteiger partial charge in [-0.25, -0.2) is 4.98 Å². The molecule has 138 valence electrons. The molecule has 0 bridgehead atoms. The minimum Gasteiger partial charge on any atom is -0.383 e. The van der Waals surface area contributed by atoms with E-state index in [1.165, 1.54) is 28.6 Å².